The van der Waals surface area contributed by atoms with E-state index in [1.807, 2.05) is 18.2 Å². The van der Waals surface area contributed by atoms with Crippen molar-refractivity contribution in [1.82, 2.24) is 9.97 Å². The molecule has 0 saturated carbocycles. The Bertz CT molecular complexity index is 716. The normalized spacial score (nSPS) is 10.7. The number of nitrogen functional groups attached to an aromatic ring is 1. The van der Waals surface area contributed by atoms with E-state index in [2.05, 4.69) is 15.3 Å². The maximum absolute atomic E-state index is 11.9. The number of carbonyl (C=O) groups excluding carboxylic acids is 1. The van der Waals surface area contributed by atoms with Gasteiger partial charge in [0.25, 0.3) is 5.91 Å². The lowest BCUT2D eigenvalue weighted by molar-refractivity contribution is 0.102. The van der Waals surface area contributed by atoms with Crippen LogP contribution in [0.2, 0.25) is 0 Å². The number of nitrogens with zero attached hydrogens (tertiary/aromatic N) is 1. The number of H-pyrrole nitrogens is 1. The van der Waals surface area contributed by atoms with Gasteiger partial charge in [0.1, 0.15) is 5.69 Å². The number of thiazole rings is 1. The van der Waals surface area contributed by atoms with E-state index < -0.39 is 0 Å². The molecule has 4 N–H and O–H groups in total. The number of benzene rings is 1. The standard InChI is InChI=1S/C12H10N4OS/c13-7-3-10(14-5-7)12(17)16-8-1-2-9-11(4-8)18-6-15-9/h1-6,14H,13H2,(H,16,17). The summed E-state index contributed by atoms with van der Waals surface area (Å²) in [4.78, 5) is 18.9. The Morgan fingerprint density at radius 2 is 2.28 bits per heavy atom. The Balaban J connectivity index is 1.85. The van der Waals surface area contributed by atoms with E-state index in [0.717, 1.165) is 15.9 Å². The first-order valence-corrected chi connectivity index (χ1v) is 6.19. The number of aromatic nitrogens is 2. The van der Waals surface area contributed by atoms with E-state index >= 15 is 0 Å². The molecule has 0 aliphatic carbocycles. The minimum absolute atomic E-state index is 0.212. The summed E-state index contributed by atoms with van der Waals surface area (Å²) in [6, 6.07) is 7.20. The van der Waals surface area contributed by atoms with Gasteiger partial charge in [-0.1, -0.05) is 0 Å². The van der Waals surface area contributed by atoms with Crippen LogP contribution in [0.1, 0.15) is 10.5 Å². The van der Waals surface area contributed by atoms with E-state index in [-0.39, 0.29) is 5.91 Å². The average Bonchev–Trinajstić information content (AvgIpc) is 2.96. The molecule has 1 aromatic carbocycles. The minimum Gasteiger partial charge on any atom is -0.397 e. The number of nitrogens with two attached hydrogens (primary N) is 1. The Hall–Kier alpha value is -2.34. The minimum atomic E-state index is -0.212. The SMILES string of the molecule is Nc1c[nH]c(C(=O)Nc2ccc3ncsc3c2)c1. The van der Waals surface area contributed by atoms with Gasteiger partial charge in [-0.3, -0.25) is 4.79 Å². The number of amides is 1. The molecule has 0 fully saturated rings. The van der Waals surface area contributed by atoms with Crippen LogP contribution in [-0.2, 0) is 0 Å². The quantitative estimate of drug-likeness (QED) is 0.660. The van der Waals surface area contributed by atoms with Gasteiger partial charge in [-0.05, 0) is 24.3 Å². The zero-order chi connectivity index (χ0) is 12.5. The summed E-state index contributed by atoms with van der Waals surface area (Å²) in [6.45, 7) is 0. The molecule has 0 unspecified atom stereocenters. The first kappa shape index (κ1) is 10.8. The molecular formula is C12H10N4OS. The van der Waals surface area contributed by atoms with Crippen LogP contribution in [0, 0.1) is 0 Å². The lowest BCUT2D eigenvalue weighted by Gasteiger charge is -2.03. The van der Waals surface area contributed by atoms with Crippen LogP contribution in [0.15, 0.2) is 36.0 Å². The molecule has 3 rings (SSSR count). The Labute approximate surface area is 107 Å². The van der Waals surface area contributed by atoms with Crippen molar-refractivity contribution in [3.8, 4) is 0 Å². The summed E-state index contributed by atoms with van der Waals surface area (Å²) in [6.07, 6.45) is 1.58. The van der Waals surface area contributed by atoms with Crippen molar-refractivity contribution < 1.29 is 4.79 Å². The summed E-state index contributed by atoms with van der Waals surface area (Å²) in [5.41, 5.74) is 9.99. The monoisotopic (exact) mass is 258 g/mol. The molecule has 90 valence electrons. The number of carbonyl (C=O) groups is 1. The summed E-state index contributed by atoms with van der Waals surface area (Å²) in [5, 5.41) is 2.81. The highest BCUT2D eigenvalue weighted by atomic mass is 32.1. The van der Waals surface area contributed by atoms with E-state index in [9.17, 15) is 4.79 Å². The number of hydrogen-bond donors (Lipinski definition) is 3. The fourth-order valence-corrected chi connectivity index (χ4v) is 2.39. The third-order valence-corrected chi connectivity index (χ3v) is 3.33. The van der Waals surface area contributed by atoms with Gasteiger partial charge in [0.2, 0.25) is 0 Å². The van der Waals surface area contributed by atoms with Crippen molar-refractivity contribution in [2.75, 3.05) is 11.1 Å². The highest BCUT2D eigenvalue weighted by molar-refractivity contribution is 7.16. The molecule has 5 nitrogen and oxygen atoms in total. The van der Waals surface area contributed by atoms with Crippen LogP contribution in [0.25, 0.3) is 10.2 Å². The van der Waals surface area contributed by atoms with E-state index in [1.165, 1.54) is 11.3 Å². The Morgan fingerprint density at radius 3 is 3.06 bits per heavy atom. The molecule has 2 aromatic heterocycles. The first-order valence-electron chi connectivity index (χ1n) is 5.31. The second kappa shape index (κ2) is 4.15. The van der Waals surface area contributed by atoms with Gasteiger partial charge in [0.05, 0.1) is 15.7 Å². The smallest absolute Gasteiger partial charge is 0.272 e. The van der Waals surface area contributed by atoms with Crippen LogP contribution in [-0.4, -0.2) is 15.9 Å². The molecule has 0 atom stereocenters. The first-order chi connectivity index (χ1) is 8.72. The number of rotatable bonds is 2. The van der Waals surface area contributed by atoms with Crippen LogP contribution in [0.5, 0.6) is 0 Å². The fraction of sp³-hybridized carbons (Fsp3) is 0. The van der Waals surface area contributed by atoms with Crippen molar-refractivity contribution in [1.29, 1.82) is 0 Å². The highest BCUT2D eigenvalue weighted by Gasteiger charge is 2.08. The third kappa shape index (κ3) is 1.93. The molecule has 0 radical (unpaired) electrons. The summed E-state index contributed by atoms with van der Waals surface area (Å²) < 4.78 is 1.04. The van der Waals surface area contributed by atoms with Gasteiger partial charge >= 0.3 is 0 Å². The van der Waals surface area contributed by atoms with E-state index in [0.29, 0.717) is 11.4 Å². The molecule has 0 saturated heterocycles. The van der Waals surface area contributed by atoms with Crippen LogP contribution in [0.4, 0.5) is 11.4 Å². The van der Waals surface area contributed by atoms with Gasteiger partial charge in [-0.25, -0.2) is 4.98 Å². The summed E-state index contributed by atoms with van der Waals surface area (Å²) in [7, 11) is 0. The maximum Gasteiger partial charge on any atom is 0.272 e. The lowest BCUT2D eigenvalue weighted by Crippen LogP contribution is -2.11. The van der Waals surface area contributed by atoms with Crippen molar-refractivity contribution in [3.05, 3.63) is 41.7 Å². The predicted octanol–water partition coefficient (Wildman–Crippen LogP) is 2.46. The van der Waals surface area contributed by atoms with Crippen molar-refractivity contribution in [2.24, 2.45) is 0 Å². The molecule has 6 heteroatoms. The molecule has 18 heavy (non-hydrogen) atoms. The van der Waals surface area contributed by atoms with Gasteiger partial charge in [-0.2, -0.15) is 0 Å². The van der Waals surface area contributed by atoms with Crippen molar-refractivity contribution >= 4 is 38.8 Å². The number of nitrogens with one attached hydrogen (secondary N) is 2. The lowest BCUT2D eigenvalue weighted by atomic mass is 10.3. The van der Waals surface area contributed by atoms with Crippen LogP contribution < -0.4 is 11.1 Å². The van der Waals surface area contributed by atoms with E-state index in [1.54, 1.807) is 17.8 Å². The summed E-state index contributed by atoms with van der Waals surface area (Å²) in [5.74, 6) is -0.212. The highest BCUT2D eigenvalue weighted by Crippen LogP contribution is 2.22. The van der Waals surface area contributed by atoms with Crippen LogP contribution in [0.3, 0.4) is 0 Å². The molecule has 2 heterocycles. The van der Waals surface area contributed by atoms with Crippen molar-refractivity contribution in [3.63, 3.8) is 0 Å². The second-order valence-electron chi connectivity index (χ2n) is 3.84. The number of fused-ring (bicyclic) bond motifs is 1. The fourth-order valence-electron chi connectivity index (χ4n) is 1.67. The van der Waals surface area contributed by atoms with Gasteiger partial charge < -0.3 is 16.0 Å². The third-order valence-electron chi connectivity index (χ3n) is 2.54. The number of aromatic amines is 1. The maximum atomic E-state index is 11.9. The zero-order valence-corrected chi connectivity index (χ0v) is 10.1. The largest absolute Gasteiger partial charge is 0.397 e. The van der Waals surface area contributed by atoms with Gasteiger partial charge in [0.15, 0.2) is 0 Å². The summed E-state index contributed by atoms with van der Waals surface area (Å²) >= 11 is 1.54. The average molecular weight is 258 g/mol. The molecule has 1 amide bonds. The molecule has 0 spiro atoms. The van der Waals surface area contributed by atoms with Gasteiger partial charge in [0, 0.05) is 17.6 Å². The number of anilines is 2. The predicted molar refractivity (Wildman–Crippen MR) is 72.8 cm³/mol. The second-order valence-corrected chi connectivity index (χ2v) is 4.72. The molecule has 0 aliphatic rings. The topological polar surface area (TPSA) is 83.8 Å². The van der Waals surface area contributed by atoms with Gasteiger partial charge in [-0.15, -0.1) is 11.3 Å². The van der Waals surface area contributed by atoms with Crippen LogP contribution >= 0.6 is 11.3 Å². The molecule has 3 aromatic rings. The molecule has 0 bridgehead atoms. The number of hydrogen-bond acceptors (Lipinski definition) is 4. The zero-order valence-electron chi connectivity index (χ0n) is 9.31. The van der Waals surface area contributed by atoms with Crippen molar-refractivity contribution in [2.45, 2.75) is 0 Å². The Morgan fingerprint density at radius 1 is 1.39 bits per heavy atom. The molecular weight excluding hydrogens is 248 g/mol. The Kier molecular flexibility index (Phi) is 2.49. The molecule has 0 aliphatic heterocycles. The van der Waals surface area contributed by atoms with E-state index in [4.69, 9.17) is 5.73 Å².